The summed E-state index contributed by atoms with van der Waals surface area (Å²) in [4.78, 5) is 71.6. The number of esters is 6. The summed E-state index contributed by atoms with van der Waals surface area (Å²) < 4.78 is 112. The van der Waals surface area contributed by atoms with E-state index in [1.807, 2.05) is 24.3 Å². The van der Waals surface area contributed by atoms with Crippen molar-refractivity contribution in [2.24, 2.45) is 0 Å². The number of hydrogen-bond donors (Lipinski definition) is 6. The first-order valence-electron chi connectivity index (χ1n) is 42.8. The number of fused-ring (bicyclic) bond motifs is 2. The number of carbonyl (C=O) groups excluding carboxylic acids is 6. The third-order valence-electron chi connectivity index (χ3n) is 20.9. The largest absolute Gasteiger partial charge is 0.504 e. The molecular formula is C102H122Br2N2O33. The summed E-state index contributed by atoms with van der Waals surface area (Å²) in [7, 11) is 24.5. The van der Waals surface area contributed by atoms with Gasteiger partial charge >= 0.3 is 35.8 Å². The lowest BCUT2D eigenvalue weighted by Gasteiger charge is -2.43. The quantitative estimate of drug-likeness (QED) is 0.00519. The second kappa shape index (κ2) is 61.2. The van der Waals surface area contributed by atoms with Crippen LogP contribution < -0.4 is 57.4 Å². The molecule has 0 saturated carbocycles. The van der Waals surface area contributed by atoms with Crippen molar-refractivity contribution in [3.05, 3.63) is 271 Å². The number of phenols is 3. The Labute approximate surface area is 825 Å². The number of aliphatic hydroxyl groups excluding tert-OH is 2. The average Bonchev–Trinajstić information content (AvgIpc) is 1.64. The predicted molar refractivity (Wildman–Crippen MR) is 520 cm³/mol. The molecule has 0 unspecified atom stereocenters. The predicted octanol–water partition coefficient (Wildman–Crippen LogP) is 14.5. The Morgan fingerprint density at radius 3 is 0.813 bits per heavy atom. The Balaban J connectivity index is 0.000000255. The van der Waals surface area contributed by atoms with Crippen molar-refractivity contribution in [3.8, 4) is 80.5 Å². The van der Waals surface area contributed by atoms with Gasteiger partial charge in [-0.2, -0.15) is 0 Å². The van der Waals surface area contributed by atoms with E-state index < -0.39 is 52.9 Å². The summed E-state index contributed by atoms with van der Waals surface area (Å²) in [6, 6.07) is 55.1. The van der Waals surface area contributed by atoms with E-state index in [2.05, 4.69) is 174 Å². The fourth-order valence-corrected chi connectivity index (χ4v) is 15.0. The van der Waals surface area contributed by atoms with E-state index in [0.29, 0.717) is 93.6 Å². The highest BCUT2D eigenvalue weighted by molar-refractivity contribution is 9.09. The van der Waals surface area contributed by atoms with Crippen LogP contribution in [-0.4, -0.2) is 253 Å². The molecule has 37 heteroatoms. The molecule has 0 bridgehead atoms. The number of nitrogens with one attached hydrogen (secondary N) is 1. The smallest absolute Gasteiger partial charge is 0.338 e. The maximum atomic E-state index is 11.8. The number of ether oxygens (including phenoxy) is 22. The van der Waals surface area contributed by atoms with Crippen molar-refractivity contribution in [2.75, 3.05) is 187 Å². The number of nitrogens with zero attached hydrogens (tertiary/aromatic N) is 1. The molecule has 0 aliphatic carbocycles. The molecule has 12 rings (SSSR count). The number of hydrogen-bond acceptors (Lipinski definition) is 35. The summed E-state index contributed by atoms with van der Waals surface area (Å²) in [6.45, 7) is 7.82. The van der Waals surface area contributed by atoms with E-state index in [1.54, 1.807) is 69.0 Å². The molecule has 0 radical (unpaired) electrons. The molecule has 35 nitrogen and oxygen atoms in total. The minimum atomic E-state index is -0.810. The van der Waals surface area contributed by atoms with E-state index in [1.165, 1.54) is 118 Å². The number of carbonyl (C=O) groups is 6. The van der Waals surface area contributed by atoms with E-state index in [-0.39, 0.29) is 64.7 Å². The lowest BCUT2D eigenvalue weighted by molar-refractivity contribution is 0.0554. The maximum absolute atomic E-state index is 11.8. The molecule has 2 aliphatic rings. The second-order valence-corrected chi connectivity index (χ2v) is 30.2. The number of phenolic OH excluding ortho intramolecular Hbond substituents is 3. The molecule has 0 spiro atoms. The van der Waals surface area contributed by atoms with Crippen molar-refractivity contribution in [3.63, 3.8) is 0 Å². The van der Waals surface area contributed by atoms with Gasteiger partial charge < -0.3 is 135 Å². The van der Waals surface area contributed by atoms with Crippen molar-refractivity contribution in [1.29, 1.82) is 0 Å². The van der Waals surface area contributed by atoms with E-state index in [9.17, 15) is 49.2 Å². The van der Waals surface area contributed by atoms with Gasteiger partial charge in [0.05, 0.1) is 170 Å². The molecule has 139 heavy (non-hydrogen) atoms. The molecular weight excluding hydrogens is 1940 g/mol. The highest BCUT2D eigenvalue weighted by Gasteiger charge is 2.45. The highest BCUT2D eigenvalue weighted by atomic mass is 79.9. The van der Waals surface area contributed by atoms with E-state index >= 15 is 0 Å². The third-order valence-corrected chi connectivity index (χ3v) is 22.1. The van der Waals surface area contributed by atoms with Crippen LogP contribution in [0.5, 0.6) is 80.5 Å². The zero-order valence-corrected chi connectivity index (χ0v) is 84.0. The van der Waals surface area contributed by atoms with Crippen LogP contribution in [0.3, 0.4) is 0 Å². The van der Waals surface area contributed by atoms with Gasteiger partial charge in [0.1, 0.15) is 33.0 Å². The molecule has 0 saturated heterocycles. The molecule has 10 aromatic rings. The Morgan fingerprint density at radius 2 is 0.518 bits per heavy atom. The minimum absolute atomic E-state index is 0.0333. The van der Waals surface area contributed by atoms with Gasteiger partial charge in [-0.3, -0.25) is 4.90 Å². The highest BCUT2D eigenvalue weighted by Crippen LogP contribution is 2.49. The summed E-state index contributed by atoms with van der Waals surface area (Å²) in [6.07, 6.45) is 0. The van der Waals surface area contributed by atoms with E-state index in [0.717, 1.165) is 104 Å². The van der Waals surface area contributed by atoms with Crippen LogP contribution in [0.4, 0.5) is 0 Å². The number of rotatable bonds is 40. The van der Waals surface area contributed by atoms with Gasteiger partial charge in [0.25, 0.3) is 0 Å². The summed E-state index contributed by atoms with van der Waals surface area (Å²) in [5, 5.41) is 51.2. The van der Waals surface area contributed by atoms with Crippen LogP contribution in [0.1, 0.15) is 123 Å². The number of methoxy groups -OCH3 is 17. The van der Waals surface area contributed by atoms with Crippen LogP contribution in [-0.2, 0) is 108 Å². The van der Waals surface area contributed by atoms with Crippen molar-refractivity contribution < 1.29 is 159 Å². The molecule has 0 atom stereocenters. The standard InChI is InChI=1S/C31H31NO3.C14H18O7.C12H16Br2O3.C12H17NO3.C12H18O5.C11H12O6.C10H10O6/c1-33-18-19-35-30-21-25-23-32(22-24(25)20-29(30)34-2)31(26-12-6-3-7-13-26,27-14-8-4-9-15-27)28-16-10-5-11-17-28;1-17-5-6-21-12-8-10(14(16)20-4)9(13(15)19-3)7-11(12)18-2;1-15-3-4-17-12-6-10(8-14)9(7-13)5-11(12)16-2;1-14-3-4-16-12-6-10-8-13-7-9(10)5-11(12)15-2;1-15-3-4-17-12-6-10(8-14)9(7-13)5-11(12)16-2;1-15-9-5-7(11(14)17-3)6(4-8(9)12)10(13)16-2;1-15-9(13)5-3-7(11)8(12)4-6(5)10(14)16-2/h3-17,20-21H,18-19,22-23H2,1-2H3;7-8H,5-6H2,1-4H3;5-6H,3-4,7-8H2,1-2H3;5-6,13H,3-4,7-8H2,1-2H3;5-6,13-14H,3-4,7-8H2,1-2H3;4-5,12H,1-3H3;3-4,11-12H,1-2H3. The molecule has 2 heterocycles. The van der Waals surface area contributed by atoms with E-state index in [4.69, 9.17) is 80.9 Å². The lowest BCUT2D eigenvalue weighted by atomic mass is 9.75. The summed E-state index contributed by atoms with van der Waals surface area (Å²) >= 11 is 6.93. The number of alkyl halides is 2. The maximum Gasteiger partial charge on any atom is 0.338 e. The fraction of sp³-hybridized carbons (Fsp3) is 0.353. The Morgan fingerprint density at radius 1 is 0.288 bits per heavy atom. The Kier molecular flexibility index (Phi) is 50.4. The molecule has 10 aromatic carbocycles. The van der Waals surface area contributed by atoms with Crippen molar-refractivity contribution in [1.82, 2.24) is 10.2 Å². The number of aromatic hydroxyl groups is 3. The number of aliphatic hydroxyl groups is 2. The van der Waals surface area contributed by atoms with Crippen LogP contribution >= 0.6 is 31.9 Å². The van der Waals surface area contributed by atoms with Crippen LogP contribution in [0.25, 0.3) is 0 Å². The molecule has 752 valence electrons. The molecule has 0 aromatic heterocycles. The van der Waals surface area contributed by atoms with Crippen LogP contribution in [0.15, 0.2) is 176 Å². The van der Waals surface area contributed by atoms with Crippen LogP contribution in [0, 0.1) is 0 Å². The first kappa shape index (κ1) is 115. The van der Waals surface area contributed by atoms with Crippen molar-refractivity contribution >= 4 is 67.7 Å². The topological polar surface area (TPSA) is 422 Å². The number of benzene rings is 10. The first-order chi connectivity index (χ1) is 67.3. The molecule has 0 amide bonds. The molecule has 2 aliphatic heterocycles. The summed E-state index contributed by atoms with van der Waals surface area (Å²) in [5.74, 6) is 0.616. The monoisotopic (exact) mass is 2060 g/mol. The summed E-state index contributed by atoms with van der Waals surface area (Å²) in [5.41, 5.74) is 11.6. The Bertz CT molecular complexity index is 5330. The van der Waals surface area contributed by atoms with Crippen LogP contribution in [0.2, 0.25) is 0 Å². The minimum Gasteiger partial charge on any atom is -0.504 e. The molecule has 0 fully saturated rings. The van der Waals surface area contributed by atoms with Gasteiger partial charge in [-0.15, -0.1) is 0 Å². The van der Waals surface area contributed by atoms with Gasteiger partial charge in [0.15, 0.2) is 80.5 Å². The Hall–Kier alpha value is -13.2. The average molecular weight is 2060 g/mol. The first-order valence-corrected chi connectivity index (χ1v) is 45.1. The van der Waals surface area contributed by atoms with Gasteiger partial charge in [0, 0.05) is 72.4 Å². The van der Waals surface area contributed by atoms with Gasteiger partial charge in [-0.25, -0.2) is 28.8 Å². The lowest BCUT2D eigenvalue weighted by Crippen LogP contribution is -2.45. The zero-order valence-electron chi connectivity index (χ0n) is 80.8. The molecule has 6 N–H and O–H groups in total. The van der Waals surface area contributed by atoms with Gasteiger partial charge in [-0.1, -0.05) is 123 Å². The number of halogens is 2. The van der Waals surface area contributed by atoms with Gasteiger partial charge in [0.2, 0.25) is 0 Å². The fourth-order valence-electron chi connectivity index (χ4n) is 13.9. The normalized spacial score (nSPS) is 11.3. The van der Waals surface area contributed by atoms with Gasteiger partial charge in [-0.05, 0) is 146 Å². The van der Waals surface area contributed by atoms with Crippen molar-refractivity contribution in [2.45, 2.75) is 55.6 Å². The third kappa shape index (κ3) is 32.2. The SMILES string of the molecule is COC(=O)c1cc(O)c(O)cc1C(=O)OC.COC(=O)c1cc(O)c(OC)cc1C(=O)OC.COCCOc1cc(C(=O)OC)c(C(=O)OC)cc1OC.COCCOc1cc(CBr)c(CBr)cc1OC.COCCOc1cc(CO)c(CO)cc1OC.COCCOc1cc2c(cc1OC)CN(C(c1ccccc1)(c1ccccc1)c1ccccc1)C2.COCCOc1cc2c(cc1OC)CNC2. The second-order valence-electron chi connectivity index (χ2n) is 29.1. The zero-order chi connectivity index (χ0) is 102.